The van der Waals surface area contributed by atoms with Crippen LogP contribution in [0.2, 0.25) is 0 Å². The average molecular weight is 260 g/mol. The molecule has 6 heteroatoms. The number of fused-ring (bicyclic) bond motifs is 1. The minimum atomic E-state index is 0.628. The molecule has 0 aliphatic heterocycles. The van der Waals surface area contributed by atoms with Gasteiger partial charge in [0.2, 0.25) is 4.96 Å². The predicted octanol–water partition coefficient (Wildman–Crippen LogP) is 1.97. The highest BCUT2D eigenvalue weighted by Gasteiger charge is 2.08. The molecule has 5 nitrogen and oxygen atoms in total. The van der Waals surface area contributed by atoms with Gasteiger partial charge in [-0.15, -0.1) is 16.4 Å². The van der Waals surface area contributed by atoms with Crippen LogP contribution in [0, 0.1) is 0 Å². The van der Waals surface area contributed by atoms with E-state index in [1.165, 1.54) is 11.3 Å². The first-order chi connectivity index (χ1) is 8.76. The lowest BCUT2D eigenvalue weighted by atomic mass is 10.1. The minimum absolute atomic E-state index is 0.628. The standard InChI is InChI=1S/C12H12N4OS/c1-17-9-4-2-8(3-5-9)6-11-14-12-16(15-11)10(13)7-18-12/h2-5,7H,6,13H2,1H3. The molecule has 3 rings (SSSR count). The van der Waals surface area contributed by atoms with E-state index in [1.54, 1.807) is 11.6 Å². The average Bonchev–Trinajstić information content (AvgIpc) is 2.93. The number of methoxy groups -OCH3 is 1. The van der Waals surface area contributed by atoms with E-state index in [9.17, 15) is 0 Å². The van der Waals surface area contributed by atoms with Crippen molar-refractivity contribution in [1.29, 1.82) is 0 Å². The normalized spacial score (nSPS) is 10.9. The molecule has 1 aromatic carbocycles. The van der Waals surface area contributed by atoms with Crippen molar-refractivity contribution in [2.24, 2.45) is 0 Å². The highest BCUT2D eigenvalue weighted by molar-refractivity contribution is 7.15. The number of thiazole rings is 1. The molecule has 0 bridgehead atoms. The van der Waals surface area contributed by atoms with E-state index in [-0.39, 0.29) is 0 Å². The van der Waals surface area contributed by atoms with E-state index < -0.39 is 0 Å². The van der Waals surface area contributed by atoms with Gasteiger partial charge in [-0.25, -0.2) is 4.98 Å². The van der Waals surface area contributed by atoms with Crippen LogP contribution in [-0.4, -0.2) is 21.7 Å². The molecule has 0 saturated heterocycles. The Balaban J connectivity index is 1.86. The van der Waals surface area contributed by atoms with Gasteiger partial charge in [-0.3, -0.25) is 0 Å². The zero-order chi connectivity index (χ0) is 12.5. The van der Waals surface area contributed by atoms with Crippen LogP contribution in [-0.2, 0) is 6.42 Å². The molecule has 18 heavy (non-hydrogen) atoms. The Morgan fingerprint density at radius 2 is 2.11 bits per heavy atom. The molecule has 0 saturated carbocycles. The lowest BCUT2D eigenvalue weighted by molar-refractivity contribution is 0.414. The minimum Gasteiger partial charge on any atom is -0.497 e. The fourth-order valence-corrected chi connectivity index (χ4v) is 2.48. The third-order valence-electron chi connectivity index (χ3n) is 2.67. The number of benzene rings is 1. The van der Waals surface area contributed by atoms with Gasteiger partial charge in [0.05, 0.1) is 7.11 Å². The number of aromatic nitrogens is 3. The molecule has 2 aromatic heterocycles. The first-order valence-electron chi connectivity index (χ1n) is 5.48. The second-order valence-electron chi connectivity index (χ2n) is 3.91. The summed E-state index contributed by atoms with van der Waals surface area (Å²) in [5.41, 5.74) is 6.92. The Kier molecular flexibility index (Phi) is 2.64. The summed E-state index contributed by atoms with van der Waals surface area (Å²) in [6.07, 6.45) is 0.692. The quantitative estimate of drug-likeness (QED) is 0.782. The maximum Gasteiger partial charge on any atom is 0.214 e. The maximum atomic E-state index is 5.78. The number of nitrogens with zero attached hydrogens (tertiary/aromatic N) is 3. The van der Waals surface area contributed by atoms with Crippen molar-refractivity contribution >= 4 is 22.1 Å². The van der Waals surface area contributed by atoms with Gasteiger partial charge in [-0.2, -0.15) is 4.52 Å². The Labute approximate surface area is 108 Å². The summed E-state index contributed by atoms with van der Waals surface area (Å²) in [7, 11) is 1.66. The molecule has 0 fully saturated rings. The lowest BCUT2D eigenvalue weighted by Crippen LogP contribution is -1.95. The first-order valence-corrected chi connectivity index (χ1v) is 6.36. The number of nitrogen functional groups attached to an aromatic ring is 1. The molecule has 0 unspecified atom stereocenters. The van der Waals surface area contributed by atoms with Gasteiger partial charge in [0, 0.05) is 11.8 Å². The van der Waals surface area contributed by atoms with Gasteiger partial charge in [0.1, 0.15) is 11.6 Å². The molecule has 0 amide bonds. The van der Waals surface area contributed by atoms with Crippen molar-refractivity contribution in [2.75, 3.05) is 12.8 Å². The van der Waals surface area contributed by atoms with Gasteiger partial charge in [0.15, 0.2) is 5.82 Å². The van der Waals surface area contributed by atoms with E-state index >= 15 is 0 Å². The van der Waals surface area contributed by atoms with E-state index in [2.05, 4.69) is 10.1 Å². The zero-order valence-electron chi connectivity index (χ0n) is 9.83. The highest BCUT2D eigenvalue weighted by atomic mass is 32.1. The van der Waals surface area contributed by atoms with Crippen LogP contribution in [0.15, 0.2) is 29.6 Å². The zero-order valence-corrected chi connectivity index (χ0v) is 10.6. The molecule has 0 aliphatic rings. The molecule has 3 aromatic rings. The van der Waals surface area contributed by atoms with E-state index in [4.69, 9.17) is 10.5 Å². The molecule has 2 N–H and O–H groups in total. The Morgan fingerprint density at radius 3 is 2.78 bits per heavy atom. The van der Waals surface area contributed by atoms with Gasteiger partial charge < -0.3 is 10.5 Å². The van der Waals surface area contributed by atoms with Gasteiger partial charge in [0.25, 0.3) is 0 Å². The number of hydrogen-bond donors (Lipinski definition) is 1. The molecule has 0 aliphatic carbocycles. The molecule has 2 heterocycles. The lowest BCUT2D eigenvalue weighted by Gasteiger charge is -2.00. The summed E-state index contributed by atoms with van der Waals surface area (Å²) < 4.78 is 6.79. The van der Waals surface area contributed by atoms with Crippen molar-refractivity contribution in [3.05, 3.63) is 41.0 Å². The van der Waals surface area contributed by atoms with Crippen molar-refractivity contribution in [3.8, 4) is 5.75 Å². The summed E-state index contributed by atoms with van der Waals surface area (Å²) in [6.45, 7) is 0. The fourth-order valence-electron chi connectivity index (χ4n) is 1.75. The van der Waals surface area contributed by atoms with E-state index in [1.807, 2.05) is 29.6 Å². The van der Waals surface area contributed by atoms with Gasteiger partial charge in [-0.05, 0) is 17.7 Å². The van der Waals surface area contributed by atoms with Crippen LogP contribution < -0.4 is 10.5 Å². The monoisotopic (exact) mass is 260 g/mol. The SMILES string of the molecule is COc1ccc(Cc2nc3scc(N)n3n2)cc1. The summed E-state index contributed by atoms with van der Waals surface area (Å²) in [5, 5.41) is 6.21. The summed E-state index contributed by atoms with van der Waals surface area (Å²) in [4.78, 5) is 5.26. The van der Waals surface area contributed by atoms with Crippen molar-refractivity contribution in [1.82, 2.24) is 14.6 Å². The molecule has 0 spiro atoms. The van der Waals surface area contributed by atoms with Gasteiger partial charge >= 0.3 is 0 Å². The third kappa shape index (κ3) is 1.91. The Bertz CT molecular complexity index is 671. The molecule has 0 radical (unpaired) electrons. The highest BCUT2D eigenvalue weighted by Crippen LogP contribution is 2.18. The van der Waals surface area contributed by atoms with Gasteiger partial charge in [-0.1, -0.05) is 12.1 Å². The summed E-state index contributed by atoms with van der Waals surface area (Å²) in [5.74, 6) is 2.25. The topological polar surface area (TPSA) is 65.4 Å². The third-order valence-corrected chi connectivity index (χ3v) is 3.51. The molecular weight excluding hydrogens is 248 g/mol. The largest absolute Gasteiger partial charge is 0.497 e. The summed E-state index contributed by atoms with van der Waals surface area (Å²) >= 11 is 1.50. The van der Waals surface area contributed by atoms with Crippen molar-refractivity contribution < 1.29 is 4.74 Å². The Hall–Kier alpha value is -2.08. The van der Waals surface area contributed by atoms with Crippen LogP contribution in [0.25, 0.3) is 4.96 Å². The molecular formula is C12H12N4OS. The van der Waals surface area contributed by atoms with Crippen LogP contribution in [0.1, 0.15) is 11.4 Å². The summed E-state index contributed by atoms with van der Waals surface area (Å²) in [6, 6.07) is 7.89. The number of anilines is 1. The number of ether oxygens (including phenoxy) is 1. The smallest absolute Gasteiger partial charge is 0.214 e. The number of nitrogens with two attached hydrogens (primary N) is 1. The van der Waals surface area contributed by atoms with E-state index in [0.29, 0.717) is 12.2 Å². The van der Waals surface area contributed by atoms with Crippen molar-refractivity contribution in [2.45, 2.75) is 6.42 Å². The van der Waals surface area contributed by atoms with Crippen LogP contribution in [0.4, 0.5) is 5.82 Å². The number of hydrogen-bond acceptors (Lipinski definition) is 5. The van der Waals surface area contributed by atoms with Crippen LogP contribution in [0.5, 0.6) is 5.75 Å². The maximum absolute atomic E-state index is 5.78. The Morgan fingerprint density at radius 1 is 1.33 bits per heavy atom. The van der Waals surface area contributed by atoms with Crippen LogP contribution >= 0.6 is 11.3 Å². The second kappa shape index (κ2) is 4.30. The van der Waals surface area contributed by atoms with Crippen LogP contribution in [0.3, 0.4) is 0 Å². The fraction of sp³-hybridized carbons (Fsp3) is 0.167. The van der Waals surface area contributed by atoms with E-state index in [0.717, 1.165) is 22.1 Å². The molecule has 0 atom stereocenters. The second-order valence-corrected chi connectivity index (χ2v) is 4.74. The predicted molar refractivity (Wildman–Crippen MR) is 71.1 cm³/mol. The number of rotatable bonds is 3. The van der Waals surface area contributed by atoms with Crippen molar-refractivity contribution in [3.63, 3.8) is 0 Å². The molecule has 92 valence electrons. The first kappa shape index (κ1) is 11.0.